The van der Waals surface area contributed by atoms with Crippen molar-refractivity contribution in [3.63, 3.8) is 0 Å². The fourth-order valence-corrected chi connectivity index (χ4v) is 2.63. The predicted octanol–water partition coefficient (Wildman–Crippen LogP) is -5.02. The minimum Gasteiger partial charge on any atom is -0.388 e. The lowest BCUT2D eigenvalue weighted by Gasteiger charge is -2.55. The number of ether oxygens (including phenoxy) is 2. The molecule has 9 atom stereocenters. The lowest BCUT2D eigenvalue weighted by Crippen LogP contribution is -2.81. The van der Waals surface area contributed by atoms with Crippen LogP contribution < -0.4 is 0 Å². The molecule has 10 nitrogen and oxygen atoms in total. The van der Waals surface area contributed by atoms with E-state index in [1.807, 2.05) is 0 Å². The molecule has 0 saturated carbocycles. The van der Waals surface area contributed by atoms with E-state index >= 15 is 0 Å². The van der Waals surface area contributed by atoms with Gasteiger partial charge in [0.05, 0.1) is 12.7 Å². The maximum Gasteiger partial charge on any atom is 0.232 e. The maximum absolute atomic E-state index is 10.4. The summed E-state index contributed by atoms with van der Waals surface area (Å²) < 4.78 is 9.58. The summed E-state index contributed by atoms with van der Waals surface area (Å²) in [7, 11) is 0. The Bertz CT molecular complexity index is 393. The summed E-state index contributed by atoms with van der Waals surface area (Å²) in [6, 6.07) is 0. The first-order valence-corrected chi connectivity index (χ1v) is 6.40. The van der Waals surface area contributed by atoms with E-state index in [2.05, 4.69) is 0 Å². The second-order valence-corrected chi connectivity index (χ2v) is 5.46. The molecule has 0 radical (unpaired) electrons. The number of aliphatic hydroxyl groups is 8. The Morgan fingerprint density at radius 2 is 1.48 bits per heavy atom. The number of hydrogen-bond donors (Lipinski definition) is 8. The van der Waals surface area contributed by atoms with Gasteiger partial charge in [0.25, 0.3) is 0 Å². The molecule has 2 heterocycles. The van der Waals surface area contributed by atoms with Crippen molar-refractivity contribution < 1.29 is 50.3 Å². The molecule has 0 amide bonds. The van der Waals surface area contributed by atoms with Crippen molar-refractivity contribution in [1.82, 2.24) is 0 Å². The number of rotatable bonds is 1. The van der Waals surface area contributed by atoms with Crippen LogP contribution in [0.3, 0.4) is 0 Å². The minimum absolute atomic E-state index is 0.692. The van der Waals surface area contributed by atoms with Crippen LogP contribution in [0.2, 0.25) is 0 Å². The first kappa shape index (κ1) is 17.0. The van der Waals surface area contributed by atoms with Gasteiger partial charge in [-0.05, 0) is 6.92 Å². The molecule has 0 spiro atoms. The summed E-state index contributed by atoms with van der Waals surface area (Å²) in [6.07, 6.45) is -12.9. The summed E-state index contributed by atoms with van der Waals surface area (Å²) in [5.74, 6) is -3.08. The van der Waals surface area contributed by atoms with E-state index in [-0.39, 0.29) is 0 Å². The zero-order valence-corrected chi connectivity index (χ0v) is 11.1. The Morgan fingerprint density at radius 3 is 2.05 bits per heavy atom. The number of aliphatic hydroxyl groups excluding tert-OH is 6. The Kier molecular flexibility index (Phi) is 4.32. The normalized spacial score (nSPS) is 59.0. The molecular weight excluding hydrogens is 292 g/mol. The van der Waals surface area contributed by atoms with Crippen molar-refractivity contribution in [2.24, 2.45) is 0 Å². The molecular formula is C11H20O10. The third-order valence-corrected chi connectivity index (χ3v) is 4.14. The molecule has 2 rings (SSSR count). The standard InChI is InChI=1S/C11H20O10/c1-3-5(13)7(15)10(18,9(17)21-3)11(19)8(16)6(14)4(12)2-20-11/h3-9,12-19H,2H2,1H3/t3-,4+,5-,6-,7+,8+,9?,10-,11?/m0/s1. The van der Waals surface area contributed by atoms with E-state index in [1.165, 1.54) is 6.92 Å². The van der Waals surface area contributed by atoms with E-state index in [1.54, 1.807) is 0 Å². The fraction of sp³-hybridized carbons (Fsp3) is 1.00. The van der Waals surface area contributed by atoms with E-state index in [4.69, 9.17) is 9.47 Å². The first-order valence-electron chi connectivity index (χ1n) is 6.40. The summed E-state index contributed by atoms with van der Waals surface area (Å²) in [6.45, 7) is 0.611. The molecule has 21 heavy (non-hydrogen) atoms. The van der Waals surface area contributed by atoms with Crippen molar-refractivity contribution in [3.05, 3.63) is 0 Å². The van der Waals surface area contributed by atoms with Gasteiger partial charge in [-0.15, -0.1) is 0 Å². The van der Waals surface area contributed by atoms with Crippen LogP contribution in [0.15, 0.2) is 0 Å². The zero-order valence-electron chi connectivity index (χ0n) is 11.1. The van der Waals surface area contributed by atoms with Crippen LogP contribution in [0.25, 0.3) is 0 Å². The molecule has 0 aromatic heterocycles. The minimum atomic E-state index is -3.08. The topological polar surface area (TPSA) is 180 Å². The van der Waals surface area contributed by atoms with Gasteiger partial charge in [-0.1, -0.05) is 0 Å². The average Bonchev–Trinajstić information content (AvgIpc) is 2.45. The molecule has 0 aliphatic carbocycles. The van der Waals surface area contributed by atoms with Gasteiger partial charge < -0.3 is 50.3 Å². The summed E-state index contributed by atoms with van der Waals surface area (Å²) in [4.78, 5) is 0. The Labute approximate surface area is 119 Å². The van der Waals surface area contributed by atoms with Crippen LogP contribution in [0.4, 0.5) is 0 Å². The van der Waals surface area contributed by atoms with Crippen LogP contribution in [-0.2, 0) is 9.47 Å². The van der Waals surface area contributed by atoms with Gasteiger partial charge in [0.15, 0.2) is 6.29 Å². The molecule has 2 aliphatic heterocycles. The SMILES string of the molecule is C[C@@H]1OC(O)[C@](O)(C2(O)OC[C@@H](O)[C@H](O)[C@H]2O)[C@H](O)[C@H]1O. The van der Waals surface area contributed by atoms with Gasteiger partial charge in [-0.2, -0.15) is 0 Å². The van der Waals surface area contributed by atoms with Crippen molar-refractivity contribution >= 4 is 0 Å². The van der Waals surface area contributed by atoms with Gasteiger partial charge in [0, 0.05) is 0 Å². The highest BCUT2D eigenvalue weighted by atomic mass is 16.7. The summed E-state index contributed by atoms with van der Waals surface area (Å²) >= 11 is 0. The molecule has 124 valence electrons. The third-order valence-electron chi connectivity index (χ3n) is 4.14. The van der Waals surface area contributed by atoms with Crippen LogP contribution in [-0.4, -0.2) is 102 Å². The van der Waals surface area contributed by atoms with Crippen molar-refractivity contribution in [2.75, 3.05) is 6.61 Å². The highest BCUT2D eigenvalue weighted by Gasteiger charge is 2.70. The maximum atomic E-state index is 10.4. The summed E-state index contributed by atoms with van der Waals surface area (Å²) in [5, 5.41) is 79.2. The molecule has 0 bridgehead atoms. The molecule has 2 unspecified atom stereocenters. The van der Waals surface area contributed by atoms with Crippen molar-refractivity contribution in [3.8, 4) is 0 Å². The quantitative estimate of drug-likeness (QED) is 0.233. The van der Waals surface area contributed by atoms with Crippen LogP contribution in [0.5, 0.6) is 0 Å². The second kappa shape index (κ2) is 5.35. The van der Waals surface area contributed by atoms with Gasteiger partial charge in [0.1, 0.15) is 30.5 Å². The van der Waals surface area contributed by atoms with Crippen molar-refractivity contribution in [2.45, 2.75) is 61.2 Å². The second-order valence-electron chi connectivity index (χ2n) is 5.46. The monoisotopic (exact) mass is 312 g/mol. The fourth-order valence-electron chi connectivity index (χ4n) is 2.63. The molecule has 8 N–H and O–H groups in total. The smallest absolute Gasteiger partial charge is 0.232 e. The van der Waals surface area contributed by atoms with E-state index in [0.717, 1.165) is 0 Å². The highest BCUT2D eigenvalue weighted by molar-refractivity contribution is 5.12. The van der Waals surface area contributed by atoms with Crippen LogP contribution in [0, 0.1) is 0 Å². The van der Waals surface area contributed by atoms with Gasteiger partial charge >= 0.3 is 0 Å². The largest absolute Gasteiger partial charge is 0.388 e. The van der Waals surface area contributed by atoms with Crippen molar-refractivity contribution in [1.29, 1.82) is 0 Å². The molecule has 2 fully saturated rings. The van der Waals surface area contributed by atoms with E-state index < -0.39 is 60.9 Å². The molecule has 2 saturated heterocycles. The van der Waals surface area contributed by atoms with Gasteiger partial charge in [-0.25, -0.2) is 0 Å². The summed E-state index contributed by atoms with van der Waals surface area (Å²) in [5.41, 5.74) is -3.06. The zero-order chi connectivity index (χ0) is 16.2. The Balaban J connectivity index is 2.41. The number of hydrogen-bond acceptors (Lipinski definition) is 10. The molecule has 0 aromatic carbocycles. The van der Waals surface area contributed by atoms with E-state index in [0.29, 0.717) is 0 Å². The first-order chi connectivity index (χ1) is 9.57. The molecule has 0 aromatic rings. The average molecular weight is 312 g/mol. The van der Waals surface area contributed by atoms with Gasteiger partial charge in [0.2, 0.25) is 11.4 Å². The van der Waals surface area contributed by atoms with E-state index in [9.17, 15) is 40.9 Å². The van der Waals surface area contributed by atoms with Crippen LogP contribution in [0.1, 0.15) is 6.92 Å². The van der Waals surface area contributed by atoms with Gasteiger partial charge in [-0.3, -0.25) is 0 Å². The van der Waals surface area contributed by atoms with Crippen LogP contribution >= 0.6 is 0 Å². The Morgan fingerprint density at radius 1 is 0.905 bits per heavy atom. The molecule has 10 heteroatoms. The lowest BCUT2D eigenvalue weighted by atomic mass is 9.75. The third kappa shape index (κ3) is 2.19. The lowest BCUT2D eigenvalue weighted by molar-refractivity contribution is -0.448. The Hall–Kier alpha value is -0.400. The predicted molar refractivity (Wildman–Crippen MR) is 62.4 cm³/mol. The highest BCUT2D eigenvalue weighted by Crippen LogP contribution is 2.42. The molecule has 2 aliphatic rings.